The number of hydrogen-bond donors (Lipinski definition) is 1. The summed E-state index contributed by atoms with van der Waals surface area (Å²) in [6.45, 7) is 16.8. The Hall–Kier alpha value is -1.70. The number of hydrogen-bond acceptors (Lipinski definition) is 2. The Balaban J connectivity index is 2.70. The lowest BCUT2D eigenvalue weighted by Crippen LogP contribution is -2.31. The van der Waals surface area contributed by atoms with E-state index in [2.05, 4.69) is 56.3 Å². The lowest BCUT2D eigenvalue weighted by Gasteiger charge is -2.27. The van der Waals surface area contributed by atoms with Crippen LogP contribution in [0.4, 0.5) is 0 Å². The first-order chi connectivity index (χ1) is 9.10. The van der Waals surface area contributed by atoms with Crippen LogP contribution in [0.2, 0.25) is 0 Å². The first-order valence-corrected chi connectivity index (χ1v) is 7.05. The van der Waals surface area contributed by atoms with Crippen molar-refractivity contribution in [3.05, 3.63) is 54.4 Å². The zero-order valence-electron chi connectivity index (χ0n) is 12.5. The van der Waals surface area contributed by atoms with Crippen LogP contribution in [0.1, 0.15) is 37.8 Å². The fourth-order valence-corrected chi connectivity index (χ4v) is 2.15. The second kappa shape index (κ2) is 7.67. The quantitative estimate of drug-likeness (QED) is 0.753. The van der Waals surface area contributed by atoms with Crippen LogP contribution < -0.4 is 5.32 Å². The summed E-state index contributed by atoms with van der Waals surface area (Å²) >= 11 is 0. The fraction of sp³-hybridized carbons (Fsp3) is 0.412. The van der Waals surface area contributed by atoms with Gasteiger partial charge in [0.25, 0.3) is 0 Å². The molecule has 2 heteroatoms. The smallest absolute Gasteiger partial charge is 0.0983 e. The molecule has 1 N–H and O–H groups in total. The van der Waals surface area contributed by atoms with Gasteiger partial charge in [-0.2, -0.15) is 0 Å². The molecule has 1 rings (SSSR count). The van der Waals surface area contributed by atoms with Crippen LogP contribution >= 0.6 is 0 Å². The first-order valence-electron chi connectivity index (χ1n) is 7.05. The van der Waals surface area contributed by atoms with E-state index in [9.17, 15) is 0 Å². The molecule has 104 valence electrons. The minimum Gasteiger partial charge on any atom is -0.359 e. The van der Waals surface area contributed by atoms with Crippen molar-refractivity contribution in [2.24, 2.45) is 0 Å². The molecule has 1 aromatic rings. The number of nitrogens with zero attached hydrogens (tertiary/aromatic N) is 1. The molecule has 0 fully saturated rings. The van der Waals surface area contributed by atoms with Crippen LogP contribution in [0.3, 0.4) is 0 Å². The van der Waals surface area contributed by atoms with Crippen molar-refractivity contribution in [3.63, 3.8) is 0 Å². The maximum Gasteiger partial charge on any atom is 0.0983 e. The van der Waals surface area contributed by atoms with E-state index >= 15 is 0 Å². The molecule has 0 aliphatic carbocycles. The van der Waals surface area contributed by atoms with E-state index in [0.717, 1.165) is 43.0 Å². The van der Waals surface area contributed by atoms with Gasteiger partial charge in [-0.25, -0.2) is 0 Å². The van der Waals surface area contributed by atoms with Crippen molar-refractivity contribution in [1.29, 1.82) is 0 Å². The van der Waals surface area contributed by atoms with Crippen LogP contribution in [-0.2, 0) is 0 Å². The van der Waals surface area contributed by atoms with Crippen molar-refractivity contribution >= 4 is 5.70 Å². The van der Waals surface area contributed by atoms with Crippen molar-refractivity contribution in [1.82, 2.24) is 10.2 Å². The van der Waals surface area contributed by atoms with E-state index in [4.69, 9.17) is 0 Å². The van der Waals surface area contributed by atoms with Crippen molar-refractivity contribution < 1.29 is 0 Å². The summed E-state index contributed by atoms with van der Waals surface area (Å²) in [7, 11) is 0. The third kappa shape index (κ3) is 4.47. The molecule has 0 aliphatic rings. The summed E-state index contributed by atoms with van der Waals surface area (Å²) in [6.07, 6.45) is 2.25. The molecule has 0 unspecified atom stereocenters. The minimum atomic E-state index is 0.917. The zero-order chi connectivity index (χ0) is 14.3. The highest BCUT2D eigenvalue weighted by Crippen LogP contribution is 2.16. The Morgan fingerprint density at radius 1 is 1.11 bits per heavy atom. The maximum atomic E-state index is 4.14. The summed E-state index contributed by atoms with van der Waals surface area (Å²) < 4.78 is 0. The highest BCUT2D eigenvalue weighted by Gasteiger charge is 2.08. The van der Waals surface area contributed by atoms with E-state index < -0.39 is 0 Å². The molecule has 0 aromatic heterocycles. The second-order valence-electron chi connectivity index (χ2n) is 4.85. The van der Waals surface area contributed by atoms with E-state index in [0.29, 0.717) is 0 Å². The van der Waals surface area contributed by atoms with E-state index in [-0.39, 0.29) is 0 Å². The predicted octanol–water partition coefficient (Wildman–Crippen LogP) is 4.15. The van der Waals surface area contributed by atoms with Gasteiger partial charge in [-0.05, 0) is 25.3 Å². The Kier molecular flexibility index (Phi) is 6.20. The van der Waals surface area contributed by atoms with Gasteiger partial charge in [-0.1, -0.05) is 51.3 Å². The summed E-state index contributed by atoms with van der Waals surface area (Å²) in [5.74, 6) is 0.942. The van der Waals surface area contributed by atoms with Gasteiger partial charge in [0.1, 0.15) is 0 Å². The molecule has 0 saturated carbocycles. The first kappa shape index (κ1) is 15.4. The van der Waals surface area contributed by atoms with Crippen molar-refractivity contribution in [2.45, 2.75) is 33.6 Å². The molecule has 0 saturated heterocycles. The maximum absolute atomic E-state index is 4.14. The molecule has 19 heavy (non-hydrogen) atoms. The second-order valence-corrected chi connectivity index (χ2v) is 4.85. The van der Waals surface area contributed by atoms with Crippen LogP contribution in [0.25, 0.3) is 5.70 Å². The van der Waals surface area contributed by atoms with E-state index in [1.54, 1.807) is 0 Å². The number of aryl methyl sites for hydroxylation is 1. The Morgan fingerprint density at radius 3 is 2.21 bits per heavy atom. The highest BCUT2D eigenvalue weighted by molar-refractivity contribution is 5.65. The zero-order valence-corrected chi connectivity index (χ0v) is 12.5. The average molecular weight is 258 g/mol. The molecule has 0 radical (unpaired) electrons. The molecule has 0 heterocycles. The fourth-order valence-electron chi connectivity index (χ4n) is 2.15. The van der Waals surface area contributed by atoms with Gasteiger partial charge >= 0.3 is 0 Å². The van der Waals surface area contributed by atoms with Gasteiger partial charge in [-0.3, -0.25) is 0 Å². The molecular weight excluding hydrogens is 232 g/mol. The van der Waals surface area contributed by atoms with Gasteiger partial charge in [0, 0.05) is 24.4 Å². The summed E-state index contributed by atoms with van der Waals surface area (Å²) in [4.78, 5) is 2.28. The predicted molar refractivity (Wildman–Crippen MR) is 84.6 cm³/mol. The number of benzene rings is 1. The van der Waals surface area contributed by atoms with Gasteiger partial charge in [0.2, 0.25) is 0 Å². The molecule has 0 atom stereocenters. The molecule has 0 bridgehead atoms. The number of nitrogens with one attached hydrogen (secondary N) is 1. The summed E-state index contributed by atoms with van der Waals surface area (Å²) in [5.41, 5.74) is 3.29. The molecule has 2 nitrogen and oxygen atoms in total. The third-order valence-electron chi connectivity index (χ3n) is 3.13. The van der Waals surface area contributed by atoms with Crippen molar-refractivity contribution in [2.75, 3.05) is 13.1 Å². The van der Waals surface area contributed by atoms with Crippen LogP contribution in [0, 0.1) is 6.92 Å². The minimum absolute atomic E-state index is 0.917. The van der Waals surface area contributed by atoms with Gasteiger partial charge in [0.15, 0.2) is 0 Å². The Bertz CT molecular complexity index is 429. The van der Waals surface area contributed by atoms with Gasteiger partial charge < -0.3 is 10.2 Å². The van der Waals surface area contributed by atoms with E-state index in [1.807, 2.05) is 12.1 Å². The third-order valence-corrected chi connectivity index (χ3v) is 3.13. The van der Waals surface area contributed by atoms with Crippen molar-refractivity contribution in [3.8, 4) is 0 Å². The topological polar surface area (TPSA) is 15.3 Å². The van der Waals surface area contributed by atoms with Crippen LogP contribution in [0.5, 0.6) is 0 Å². The monoisotopic (exact) mass is 258 g/mol. The van der Waals surface area contributed by atoms with Crippen LogP contribution in [0.15, 0.2) is 43.2 Å². The molecule has 0 aliphatic heterocycles. The Morgan fingerprint density at radius 2 is 1.68 bits per heavy atom. The number of rotatable bonds is 8. The van der Waals surface area contributed by atoms with Gasteiger partial charge in [0.05, 0.1) is 5.82 Å². The lowest BCUT2D eigenvalue weighted by molar-refractivity contribution is 0.332. The lowest BCUT2D eigenvalue weighted by atomic mass is 10.1. The SMILES string of the molecule is C=C(NC(=C)N(CCC)CCC)c1ccccc1C. The summed E-state index contributed by atoms with van der Waals surface area (Å²) in [5, 5.41) is 3.34. The Labute approximate surface area is 117 Å². The van der Waals surface area contributed by atoms with E-state index in [1.165, 1.54) is 5.56 Å². The molecule has 0 spiro atoms. The normalized spacial score (nSPS) is 10.1. The molecular formula is C17H26N2. The largest absolute Gasteiger partial charge is 0.359 e. The highest BCUT2D eigenvalue weighted by atomic mass is 15.2. The standard InChI is InChI=1S/C17H26N2/c1-6-12-19(13-7-2)16(5)18-15(4)17-11-9-8-10-14(17)3/h8-11,18H,4-7,12-13H2,1-3H3. The van der Waals surface area contributed by atoms with Crippen LogP contribution in [-0.4, -0.2) is 18.0 Å². The molecule has 0 amide bonds. The summed E-state index contributed by atoms with van der Waals surface area (Å²) in [6, 6.07) is 8.26. The molecule has 1 aromatic carbocycles. The average Bonchev–Trinajstić information content (AvgIpc) is 2.38. The van der Waals surface area contributed by atoms with Gasteiger partial charge in [-0.15, -0.1) is 0 Å².